The number of nitrogens with one attached hydrogen (secondary N) is 2. The highest BCUT2D eigenvalue weighted by Crippen LogP contribution is 2.45. The minimum Gasteiger partial charge on any atom is -0.394 e. The Balaban J connectivity index is 1.43. The molecule has 3 heterocycles. The summed E-state index contributed by atoms with van der Waals surface area (Å²) in [5, 5.41) is 45.2. The number of nitrogens with zero attached hydrogens (tertiary/aromatic N) is 4. The molecule has 1 aliphatic carbocycles. The number of amides is 1. The fraction of sp³-hybridized carbons (Fsp3) is 0.538. The van der Waals surface area contributed by atoms with E-state index in [0.717, 1.165) is 41.4 Å². The van der Waals surface area contributed by atoms with E-state index in [1.54, 1.807) is 13.8 Å². The van der Waals surface area contributed by atoms with E-state index >= 15 is 0 Å². The topological polar surface area (TPSA) is 168 Å². The third-order valence-electron chi connectivity index (χ3n) is 7.49. The lowest BCUT2D eigenvalue weighted by Gasteiger charge is -2.42. The summed E-state index contributed by atoms with van der Waals surface area (Å²) in [6.45, 7) is 2.66. The zero-order chi connectivity index (χ0) is 30.3. The largest absolute Gasteiger partial charge is 0.394 e. The van der Waals surface area contributed by atoms with E-state index in [4.69, 9.17) is 4.74 Å². The lowest BCUT2D eigenvalue weighted by atomic mass is 9.97. The lowest BCUT2D eigenvalue weighted by Crippen LogP contribution is -2.55. The second-order valence-electron chi connectivity index (χ2n) is 10.5. The maximum Gasteiger partial charge on any atom is 0.272 e. The van der Waals surface area contributed by atoms with Crippen LogP contribution in [0.4, 0.5) is 19.0 Å². The maximum atomic E-state index is 13.8. The van der Waals surface area contributed by atoms with Gasteiger partial charge in [0.2, 0.25) is 5.91 Å². The van der Waals surface area contributed by atoms with Crippen LogP contribution in [-0.4, -0.2) is 76.4 Å². The number of aromatic nitrogens is 5. The SMILES string of the molecule is CCC(=O)Nc1[nH]n(C(CC2CC2)S[C@@H]2O[C@H](CO)[C@H](O)[C@H](n3cc(-c4cc(F)c(F)c(F)c4)nn3)[C@H]2O)c(=O)c1C. The van der Waals surface area contributed by atoms with Gasteiger partial charge in [0.05, 0.1) is 18.4 Å². The summed E-state index contributed by atoms with van der Waals surface area (Å²) in [5.41, 5.74) is -1.29. The minimum absolute atomic E-state index is 0.0508. The predicted molar refractivity (Wildman–Crippen MR) is 145 cm³/mol. The van der Waals surface area contributed by atoms with Gasteiger partial charge in [-0.3, -0.25) is 14.7 Å². The Bertz CT molecular complexity index is 1490. The van der Waals surface area contributed by atoms with Gasteiger partial charge in [0.25, 0.3) is 5.56 Å². The first-order valence-corrected chi connectivity index (χ1v) is 14.4. The molecule has 6 atom stereocenters. The van der Waals surface area contributed by atoms with Crippen molar-refractivity contribution < 1.29 is 38.0 Å². The fourth-order valence-electron chi connectivity index (χ4n) is 4.86. The molecule has 2 fully saturated rings. The molecule has 1 aromatic carbocycles. The number of anilines is 1. The minimum atomic E-state index is -1.64. The van der Waals surface area contributed by atoms with Gasteiger partial charge in [-0.2, -0.15) is 0 Å². The quantitative estimate of drug-likeness (QED) is 0.216. The summed E-state index contributed by atoms with van der Waals surface area (Å²) in [5.74, 6) is -4.15. The molecule has 42 heavy (non-hydrogen) atoms. The summed E-state index contributed by atoms with van der Waals surface area (Å²) >= 11 is 1.11. The summed E-state index contributed by atoms with van der Waals surface area (Å²) in [6, 6.07) is 0.274. The van der Waals surface area contributed by atoms with Gasteiger partial charge in [-0.1, -0.05) is 25.0 Å². The van der Waals surface area contributed by atoms with E-state index in [-0.39, 0.29) is 35.0 Å². The van der Waals surface area contributed by atoms with Crippen molar-refractivity contribution in [1.29, 1.82) is 0 Å². The third-order valence-corrected chi connectivity index (χ3v) is 8.86. The van der Waals surface area contributed by atoms with Crippen LogP contribution in [0.25, 0.3) is 11.3 Å². The number of aliphatic hydroxyl groups is 3. The molecule has 12 nitrogen and oxygen atoms in total. The summed E-state index contributed by atoms with van der Waals surface area (Å²) in [6.07, 6.45) is -0.151. The molecule has 1 saturated heterocycles. The Kier molecular flexibility index (Phi) is 8.80. The van der Waals surface area contributed by atoms with Crippen LogP contribution < -0.4 is 10.9 Å². The van der Waals surface area contributed by atoms with Gasteiger partial charge in [0, 0.05) is 12.0 Å². The van der Waals surface area contributed by atoms with Gasteiger partial charge in [0.1, 0.15) is 46.7 Å². The Morgan fingerprint density at radius 1 is 1.24 bits per heavy atom. The Labute approximate surface area is 241 Å². The number of thioether (sulfide) groups is 1. The van der Waals surface area contributed by atoms with Crippen LogP contribution in [0.3, 0.4) is 0 Å². The van der Waals surface area contributed by atoms with E-state index in [1.807, 2.05) is 0 Å². The van der Waals surface area contributed by atoms with E-state index in [1.165, 1.54) is 10.9 Å². The van der Waals surface area contributed by atoms with Crippen LogP contribution >= 0.6 is 11.8 Å². The number of carbonyl (C=O) groups is 1. The number of halogens is 3. The molecule has 5 rings (SSSR count). The molecule has 2 aromatic heterocycles. The third kappa shape index (κ3) is 5.99. The number of aliphatic hydroxyl groups excluding tert-OH is 3. The van der Waals surface area contributed by atoms with Gasteiger partial charge in [0.15, 0.2) is 17.5 Å². The smallest absolute Gasteiger partial charge is 0.272 e. The van der Waals surface area contributed by atoms with E-state index < -0.39 is 59.2 Å². The summed E-state index contributed by atoms with van der Waals surface area (Å²) in [7, 11) is 0. The molecule has 1 amide bonds. The molecule has 3 aromatic rings. The van der Waals surface area contributed by atoms with Gasteiger partial charge in [-0.15, -0.1) is 16.9 Å². The van der Waals surface area contributed by atoms with E-state index in [2.05, 4.69) is 20.7 Å². The molecule has 1 unspecified atom stereocenters. The van der Waals surface area contributed by atoms with Crippen molar-refractivity contribution in [2.75, 3.05) is 11.9 Å². The van der Waals surface area contributed by atoms with Crippen molar-refractivity contribution in [2.24, 2.45) is 5.92 Å². The summed E-state index contributed by atoms with van der Waals surface area (Å²) < 4.78 is 49.4. The molecule has 1 saturated carbocycles. The van der Waals surface area contributed by atoms with Crippen LogP contribution in [0.2, 0.25) is 0 Å². The highest BCUT2D eigenvalue weighted by molar-refractivity contribution is 7.99. The van der Waals surface area contributed by atoms with Crippen LogP contribution in [-0.2, 0) is 9.53 Å². The van der Waals surface area contributed by atoms with Crippen molar-refractivity contribution in [3.05, 3.63) is 51.7 Å². The number of carbonyl (C=O) groups excluding carboxylic acids is 1. The van der Waals surface area contributed by atoms with E-state index in [0.29, 0.717) is 17.9 Å². The number of hydrogen-bond donors (Lipinski definition) is 5. The van der Waals surface area contributed by atoms with Crippen LogP contribution in [0.5, 0.6) is 0 Å². The highest BCUT2D eigenvalue weighted by atomic mass is 32.2. The second kappa shape index (κ2) is 12.2. The van der Waals surface area contributed by atoms with Crippen molar-refractivity contribution in [3.63, 3.8) is 0 Å². The molecular formula is C26H31F3N6O6S. The van der Waals surface area contributed by atoms with Crippen molar-refractivity contribution in [3.8, 4) is 11.3 Å². The number of rotatable bonds is 10. The lowest BCUT2D eigenvalue weighted by molar-refractivity contribution is -0.178. The van der Waals surface area contributed by atoms with Gasteiger partial charge in [-0.25, -0.2) is 22.5 Å². The van der Waals surface area contributed by atoms with Crippen molar-refractivity contribution in [1.82, 2.24) is 24.8 Å². The van der Waals surface area contributed by atoms with Crippen molar-refractivity contribution in [2.45, 2.75) is 74.7 Å². The summed E-state index contributed by atoms with van der Waals surface area (Å²) in [4.78, 5) is 25.1. The number of benzene rings is 1. The first-order valence-electron chi connectivity index (χ1n) is 13.5. The average Bonchev–Trinajstić information content (AvgIpc) is 3.58. The maximum absolute atomic E-state index is 13.8. The molecule has 2 aliphatic rings. The van der Waals surface area contributed by atoms with Crippen LogP contribution in [0.1, 0.15) is 49.6 Å². The van der Waals surface area contributed by atoms with Gasteiger partial charge >= 0.3 is 0 Å². The number of H-pyrrole nitrogens is 1. The Morgan fingerprint density at radius 3 is 2.55 bits per heavy atom. The van der Waals surface area contributed by atoms with Crippen LogP contribution in [0, 0.1) is 30.3 Å². The van der Waals surface area contributed by atoms with E-state index in [9.17, 15) is 38.1 Å². The molecule has 16 heteroatoms. The van der Waals surface area contributed by atoms with Gasteiger partial charge in [-0.05, 0) is 31.4 Å². The first-order chi connectivity index (χ1) is 20.0. The van der Waals surface area contributed by atoms with Gasteiger partial charge < -0.3 is 25.4 Å². The fourth-order valence-corrected chi connectivity index (χ4v) is 6.35. The zero-order valence-electron chi connectivity index (χ0n) is 22.7. The molecule has 1 aliphatic heterocycles. The number of aromatic amines is 1. The van der Waals surface area contributed by atoms with Crippen LogP contribution in [0.15, 0.2) is 23.1 Å². The Morgan fingerprint density at radius 2 is 1.93 bits per heavy atom. The predicted octanol–water partition coefficient (Wildman–Crippen LogP) is 2.22. The molecular weight excluding hydrogens is 581 g/mol. The molecule has 0 spiro atoms. The molecule has 0 bridgehead atoms. The van der Waals surface area contributed by atoms with Crippen molar-refractivity contribution >= 4 is 23.5 Å². The standard InChI is InChI=1S/C26H31F3N6O6S/c1-3-18(37)30-24-11(2)25(40)35(32-24)19(6-12-4-5-12)42-26-23(39)21(22(38)17(10-36)41-26)34-9-16(31-33-34)13-7-14(27)20(29)15(28)8-13/h7-9,12,17,19,21-23,26,32,36,38-39H,3-6,10H2,1-2H3,(H,30,37)/t17-,19?,21+,22+,23-,26+/m1/s1. The molecule has 0 radical (unpaired) electrons. The number of ether oxygens (including phenoxy) is 1. The molecule has 5 N–H and O–H groups in total. The average molecular weight is 613 g/mol. The Hall–Kier alpha value is -3.18. The second-order valence-corrected chi connectivity index (χ2v) is 11.8. The zero-order valence-corrected chi connectivity index (χ0v) is 23.5. The normalized spacial score (nSPS) is 25.0. The molecule has 228 valence electrons. The highest BCUT2D eigenvalue weighted by Gasteiger charge is 2.47. The number of hydrogen-bond acceptors (Lipinski definition) is 9. The monoisotopic (exact) mass is 612 g/mol. The first kappa shape index (κ1) is 30.3.